The molecule has 1 aromatic heterocycles. The molecule has 0 bridgehead atoms. The number of halogens is 2. The van der Waals surface area contributed by atoms with Gasteiger partial charge in [0.1, 0.15) is 12.4 Å². The molecule has 0 spiro atoms. The Bertz CT molecular complexity index is 556. The smallest absolute Gasteiger partial charge is 0.164 e. The van der Waals surface area contributed by atoms with Gasteiger partial charge in [-0.3, -0.25) is 0 Å². The fourth-order valence-corrected chi connectivity index (χ4v) is 1.88. The Morgan fingerprint density at radius 1 is 1.39 bits per heavy atom. The van der Waals surface area contributed by atoms with Crippen LogP contribution in [-0.4, -0.2) is 19.9 Å². The summed E-state index contributed by atoms with van der Waals surface area (Å²) in [5.74, 6) is 0.518. The largest absolute Gasteiger partial charge is 0.388 e. The molecule has 1 aromatic carbocycles. The molecule has 0 aliphatic carbocycles. The molecule has 0 saturated carbocycles. The summed E-state index contributed by atoms with van der Waals surface area (Å²) in [6, 6.07) is 4.48. The van der Waals surface area contributed by atoms with E-state index >= 15 is 0 Å². The second-order valence-electron chi connectivity index (χ2n) is 3.88. The summed E-state index contributed by atoms with van der Waals surface area (Å²) in [6.45, 7) is 2.49. The minimum absolute atomic E-state index is 0.0719. The van der Waals surface area contributed by atoms with Gasteiger partial charge in [0.15, 0.2) is 11.6 Å². The summed E-state index contributed by atoms with van der Waals surface area (Å²) in [5, 5.41) is 17.1. The molecule has 0 saturated heterocycles. The summed E-state index contributed by atoms with van der Waals surface area (Å²) >= 11 is 5.64. The van der Waals surface area contributed by atoms with E-state index < -0.39 is 5.82 Å². The highest BCUT2D eigenvalue weighted by Crippen LogP contribution is 2.23. The molecule has 1 heterocycles. The Hall–Kier alpha value is -1.46. The third-order valence-corrected chi connectivity index (χ3v) is 2.90. The Morgan fingerprint density at radius 3 is 2.78 bits per heavy atom. The molecule has 2 rings (SSSR count). The van der Waals surface area contributed by atoms with Gasteiger partial charge >= 0.3 is 0 Å². The highest BCUT2D eigenvalue weighted by Gasteiger charge is 2.13. The number of hydrogen-bond donors (Lipinski definition) is 1. The summed E-state index contributed by atoms with van der Waals surface area (Å²) in [4.78, 5) is 0. The van der Waals surface area contributed by atoms with Crippen molar-refractivity contribution in [3.63, 3.8) is 0 Å². The standard InChI is InChI=1S/C12H13ClFN3O/c1-2-5-17-11(7-18)15-16-12(17)8-3-4-9(13)10(14)6-8/h3-4,6,18H,2,5,7H2,1H3. The lowest BCUT2D eigenvalue weighted by Crippen LogP contribution is -2.05. The van der Waals surface area contributed by atoms with Gasteiger partial charge in [0.25, 0.3) is 0 Å². The predicted octanol–water partition coefficient (Wildman–Crippen LogP) is 2.64. The minimum Gasteiger partial charge on any atom is -0.388 e. The zero-order valence-corrected chi connectivity index (χ0v) is 10.7. The zero-order chi connectivity index (χ0) is 13.1. The fraction of sp³-hybridized carbons (Fsp3) is 0.333. The van der Waals surface area contributed by atoms with Gasteiger partial charge in [-0.05, 0) is 24.6 Å². The van der Waals surface area contributed by atoms with Gasteiger partial charge in [0, 0.05) is 12.1 Å². The molecule has 6 heteroatoms. The van der Waals surface area contributed by atoms with Crippen LogP contribution in [0.2, 0.25) is 5.02 Å². The van der Waals surface area contributed by atoms with Crippen LogP contribution >= 0.6 is 11.6 Å². The van der Waals surface area contributed by atoms with Gasteiger partial charge in [-0.15, -0.1) is 10.2 Å². The van der Waals surface area contributed by atoms with Gasteiger partial charge in [0.2, 0.25) is 0 Å². The lowest BCUT2D eigenvalue weighted by atomic mass is 10.2. The Kier molecular flexibility index (Phi) is 3.93. The van der Waals surface area contributed by atoms with Crippen LogP contribution < -0.4 is 0 Å². The van der Waals surface area contributed by atoms with Crippen molar-refractivity contribution in [1.82, 2.24) is 14.8 Å². The van der Waals surface area contributed by atoms with Crippen molar-refractivity contribution in [3.8, 4) is 11.4 Å². The van der Waals surface area contributed by atoms with Gasteiger partial charge < -0.3 is 9.67 Å². The van der Waals surface area contributed by atoms with E-state index in [0.717, 1.165) is 6.42 Å². The molecular weight excluding hydrogens is 257 g/mol. The van der Waals surface area contributed by atoms with Crippen LogP contribution in [0.5, 0.6) is 0 Å². The maximum atomic E-state index is 13.4. The Morgan fingerprint density at radius 2 is 2.17 bits per heavy atom. The van der Waals surface area contributed by atoms with Gasteiger partial charge in [0.05, 0.1) is 5.02 Å². The van der Waals surface area contributed by atoms with Crippen molar-refractivity contribution in [3.05, 3.63) is 34.9 Å². The molecule has 0 fully saturated rings. The first-order valence-electron chi connectivity index (χ1n) is 5.65. The van der Waals surface area contributed by atoms with Crippen LogP contribution in [0.15, 0.2) is 18.2 Å². The topological polar surface area (TPSA) is 50.9 Å². The van der Waals surface area contributed by atoms with E-state index in [4.69, 9.17) is 11.6 Å². The Labute approximate surface area is 109 Å². The Balaban J connectivity index is 2.49. The number of aliphatic hydroxyl groups is 1. The average Bonchev–Trinajstić information content (AvgIpc) is 2.76. The SMILES string of the molecule is CCCn1c(CO)nnc1-c1ccc(Cl)c(F)c1. The van der Waals surface area contributed by atoms with Crippen LogP contribution in [0, 0.1) is 5.82 Å². The van der Waals surface area contributed by atoms with Gasteiger partial charge in [-0.1, -0.05) is 18.5 Å². The number of benzene rings is 1. The third kappa shape index (κ3) is 2.37. The second-order valence-corrected chi connectivity index (χ2v) is 4.29. The van der Waals surface area contributed by atoms with Crippen molar-refractivity contribution < 1.29 is 9.50 Å². The van der Waals surface area contributed by atoms with E-state index in [1.165, 1.54) is 12.1 Å². The van der Waals surface area contributed by atoms with E-state index in [1.807, 2.05) is 6.92 Å². The van der Waals surface area contributed by atoms with Crippen molar-refractivity contribution in [2.24, 2.45) is 0 Å². The number of aromatic nitrogens is 3. The zero-order valence-electron chi connectivity index (χ0n) is 9.90. The normalized spacial score (nSPS) is 10.9. The summed E-state index contributed by atoms with van der Waals surface area (Å²) in [5.41, 5.74) is 0.595. The number of rotatable bonds is 4. The first-order valence-corrected chi connectivity index (χ1v) is 6.03. The number of hydrogen-bond acceptors (Lipinski definition) is 3. The first kappa shape index (κ1) is 13.0. The third-order valence-electron chi connectivity index (χ3n) is 2.59. The van der Waals surface area contributed by atoms with E-state index in [0.29, 0.717) is 23.8 Å². The molecule has 18 heavy (non-hydrogen) atoms. The molecule has 0 amide bonds. The number of aliphatic hydroxyl groups excluding tert-OH is 1. The molecule has 0 atom stereocenters. The molecule has 1 N–H and O–H groups in total. The van der Waals surface area contributed by atoms with E-state index in [9.17, 15) is 9.50 Å². The molecule has 4 nitrogen and oxygen atoms in total. The highest BCUT2D eigenvalue weighted by molar-refractivity contribution is 6.30. The van der Waals surface area contributed by atoms with Crippen LogP contribution in [0.4, 0.5) is 4.39 Å². The molecule has 0 unspecified atom stereocenters. The summed E-state index contributed by atoms with van der Waals surface area (Å²) in [6.07, 6.45) is 0.869. The minimum atomic E-state index is -0.495. The van der Waals surface area contributed by atoms with Crippen LogP contribution in [0.3, 0.4) is 0 Å². The summed E-state index contributed by atoms with van der Waals surface area (Å²) < 4.78 is 15.2. The molecule has 96 valence electrons. The van der Waals surface area contributed by atoms with Crippen molar-refractivity contribution in [1.29, 1.82) is 0 Å². The van der Waals surface area contributed by atoms with Crippen molar-refractivity contribution in [2.75, 3.05) is 0 Å². The van der Waals surface area contributed by atoms with E-state index in [-0.39, 0.29) is 11.6 Å². The molecular formula is C12H13ClFN3O. The quantitative estimate of drug-likeness (QED) is 0.928. The van der Waals surface area contributed by atoms with Crippen molar-refractivity contribution in [2.45, 2.75) is 26.5 Å². The van der Waals surface area contributed by atoms with Crippen LogP contribution in [0.25, 0.3) is 11.4 Å². The molecule has 2 aromatic rings. The summed E-state index contributed by atoms with van der Waals surface area (Å²) in [7, 11) is 0. The maximum Gasteiger partial charge on any atom is 0.164 e. The lowest BCUT2D eigenvalue weighted by molar-refractivity contribution is 0.264. The van der Waals surface area contributed by atoms with Crippen LogP contribution in [0.1, 0.15) is 19.2 Å². The molecule has 0 radical (unpaired) electrons. The van der Waals surface area contributed by atoms with Crippen LogP contribution in [-0.2, 0) is 13.2 Å². The highest BCUT2D eigenvalue weighted by atomic mass is 35.5. The van der Waals surface area contributed by atoms with Crippen molar-refractivity contribution >= 4 is 11.6 Å². The fourth-order valence-electron chi connectivity index (χ4n) is 1.76. The average molecular weight is 270 g/mol. The first-order chi connectivity index (χ1) is 8.67. The predicted molar refractivity (Wildman–Crippen MR) is 66.6 cm³/mol. The maximum absolute atomic E-state index is 13.4. The van der Waals surface area contributed by atoms with E-state index in [2.05, 4.69) is 10.2 Å². The molecule has 0 aliphatic rings. The monoisotopic (exact) mass is 269 g/mol. The second kappa shape index (κ2) is 5.46. The van der Waals surface area contributed by atoms with Gasteiger partial charge in [-0.2, -0.15) is 0 Å². The lowest BCUT2D eigenvalue weighted by Gasteiger charge is -2.08. The van der Waals surface area contributed by atoms with Gasteiger partial charge in [-0.25, -0.2) is 4.39 Å². The molecule has 0 aliphatic heterocycles. The van der Waals surface area contributed by atoms with E-state index in [1.54, 1.807) is 10.6 Å². The number of nitrogens with zero attached hydrogens (tertiary/aromatic N) is 3.